The number of nitrogens with zero attached hydrogens (tertiary/aromatic N) is 2. The first-order valence-corrected chi connectivity index (χ1v) is 11.3. The van der Waals surface area contributed by atoms with E-state index in [4.69, 9.17) is 11.5 Å². The molecule has 1 amide bonds. The average Bonchev–Trinajstić information content (AvgIpc) is 3.11. The Morgan fingerprint density at radius 3 is 2.06 bits per heavy atom. The smallest absolute Gasteiger partial charge is 0.383 e. The first-order chi connectivity index (χ1) is 16.3. The zero-order valence-electron chi connectivity index (χ0n) is 20.1. The van der Waals surface area contributed by atoms with Gasteiger partial charge in [0.25, 0.3) is 5.91 Å². The number of amides is 1. The maximum absolute atomic E-state index is 13.5. The second-order valence-electron chi connectivity index (χ2n) is 9.17. The molecule has 3 aromatic rings. The van der Waals surface area contributed by atoms with E-state index in [0.717, 1.165) is 6.07 Å². The maximum Gasteiger partial charge on any atom is 0.416 e. The van der Waals surface area contributed by atoms with E-state index in [-0.39, 0.29) is 47.5 Å². The van der Waals surface area contributed by atoms with Crippen LogP contribution in [0.3, 0.4) is 0 Å². The summed E-state index contributed by atoms with van der Waals surface area (Å²) in [5.41, 5.74) is 13.2. The van der Waals surface area contributed by atoms with E-state index in [1.165, 1.54) is 10.7 Å². The van der Waals surface area contributed by atoms with Gasteiger partial charge in [-0.15, -0.1) is 0 Å². The minimum atomic E-state index is -4.48. The molecule has 1 heterocycles. The van der Waals surface area contributed by atoms with Crippen LogP contribution in [-0.4, -0.2) is 21.5 Å². The summed E-state index contributed by atoms with van der Waals surface area (Å²) in [6.07, 6.45) is -4.53. The molecule has 0 bridgehead atoms. The van der Waals surface area contributed by atoms with Crippen LogP contribution in [0.15, 0.2) is 42.5 Å². The fourth-order valence-electron chi connectivity index (χ4n) is 4.05. The zero-order valence-corrected chi connectivity index (χ0v) is 20.1. The SMILES string of the molecule is CC(C)c1ccc(CC(=O)Cc2ccc(-c3nn(C(C)C)c(N)c3C(N)=O)cc2)cc1C(F)(F)F. The van der Waals surface area contributed by atoms with Gasteiger partial charge in [-0.3, -0.25) is 9.59 Å². The van der Waals surface area contributed by atoms with Crippen LogP contribution in [0.1, 0.15) is 72.3 Å². The fraction of sp³-hybridized carbons (Fsp3) is 0.346. The molecule has 0 aliphatic rings. The summed E-state index contributed by atoms with van der Waals surface area (Å²) in [6, 6.07) is 10.9. The largest absolute Gasteiger partial charge is 0.416 e. The van der Waals surface area contributed by atoms with Crippen LogP contribution in [0.2, 0.25) is 0 Å². The van der Waals surface area contributed by atoms with Crippen molar-refractivity contribution in [1.29, 1.82) is 0 Å². The van der Waals surface area contributed by atoms with E-state index < -0.39 is 17.6 Å². The lowest BCUT2D eigenvalue weighted by atomic mass is 9.93. The van der Waals surface area contributed by atoms with Crippen molar-refractivity contribution in [1.82, 2.24) is 9.78 Å². The zero-order chi connectivity index (χ0) is 26.1. The van der Waals surface area contributed by atoms with Crippen molar-refractivity contribution >= 4 is 17.5 Å². The molecule has 3 rings (SSSR count). The van der Waals surface area contributed by atoms with Crippen molar-refractivity contribution in [2.24, 2.45) is 5.73 Å². The Balaban J connectivity index is 1.79. The standard InChI is InChI=1S/C26H29F3N4O2/c1-14(2)20-10-7-17(13-21(20)26(27,28)29)12-19(34)11-16-5-8-18(9-6-16)23-22(25(31)35)24(30)33(32-23)15(3)4/h5-10,13-15H,11-12,30H2,1-4H3,(H2,31,35). The quantitative estimate of drug-likeness (QED) is 0.450. The van der Waals surface area contributed by atoms with Crippen LogP contribution >= 0.6 is 0 Å². The van der Waals surface area contributed by atoms with Gasteiger partial charge in [0.05, 0.1) is 5.56 Å². The highest BCUT2D eigenvalue weighted by molar-refractivity contribution is 6.03. The third kappa shape index (κ3) is 5.72. The number of rotatable bonds is 8. The number of anilines is 1. The Hall–Kier alpha value is -3.62. The Labute approximate surface area is 202 Å². The van der Waals surface area contributed by atoms with Crippen molar-refractivity contribution in [3.8, 4) is 11.3 Å². The summed E-state index contributed by atoms with van der Waals surface area (Å²) < 4.78 is 41.9. The predicted octanol–water partition coefficient (Wildman–Crippen LogP) is 5.31. The number of primary amides is 1. The van der Waals surface area contributed by atoms with E-state index in [2.05, 4.69) is 5.10 Å². The molecule has 0 spiro atoms. The first-order valence-electron chi connectivity index (χ1n) is 11.3. The lowest BCUT2D eigenvalue weighted by Gasteiger charge is -2.17. The van der Waals surface area contributed by atoms with Crippen molar-refractivity contribution < 1.29 is 22.8 Å². The summed E-state index contributed by atoms with van der Waals surface area (Å²) in [5.74, 6) is -1.00. The van der Waals surface area contributed by atoms with E-state index in [0.29, 0.717) is 22.4 Å². The van der Waals surface area contributed by atoms with E-state index in [9.17, 15) is 22.8 Å². The lowest BCUT2D eigenvalue weighted by Crippen LogP contribution is -2.15. The van der Waals surface area contributed by atoms with Gasteiger partial charge in [-0.05, 0) is 42.5 Å². The number of alkyl halides is 3. The number of carbonyl (C=O) groups is 2. The van der Waals surface area contributed by atoms with Gasteiger partial charge in [0.1, 0.15) is 22.9 Å². The number of halogens is 3. The summed E-state index contributed by atoms with van der Waals surface area (Å²) in [6.45, 7) is 7.15. The van der Waals surface area contributed by atoms with Gasteiger partial charge in [0.15, 0.2) is 0 Å². The van der Waals surface area contributed by atoms with Gasteiger partial charge in [-0.25, -0.2) is 4.68 Å². The maximum atomic E-state index is 13.5. The molecule has 0 saturated heterocycles. The van der Waals surface area contributed by atoms with Gasteiger partial charge >= 0.3 is 6.18 Å². The highest BCUT2D eigenvalue weighted by atomic mass is 19.4. The average molecular weight is 487 g/mol. The molecule has 35 heavy (non-hydrogen) atoms. The number of nitrogens with two attached hydrogens (primary N) is 2. The number of hydrogen-bond donors (Lipinski definition) is 2. The van der Waals surface area contributed by atoms with Crippen LogP contribution in [0.25, 0.3) is 11.3 Å². The van der Waals surface area contributed by atoms with Gasteiger partial charge < -0.3 is 11.5 Å². The number of hydrogen-bond acceptors (Lipinski definition) is 4. The highest BCUT2D eigenvalue weighted by Gasteiger charge is 2.34. The highest BCUT2D eigenvalue weighted by Crippen LogP contribution is 2.36. The molecule has 0 aliphatic heterocycles. The number of nitrogen functional groups attached to an aromatic ring is 1. The molecule has 186 valence electrons. The number of aromatic nitrogens is 2. The second kappa shape index (κ2) is 9.93. The molecule has 1 aromatic heterocycles. The summed E-state index contributed by atoms with van der Waals surface area (Å²) >= 11 is 0. The number of carbonyl (C=O) groups excluding carboxylic acids is 2. The van der Waals surface area contributed by atoms with E-state index in [1.54, 1.807) is 44.2 Å². The molecule has 0 saturated carbocycles. The molecular weight excluding hydrogens is 457 g/mol. The van der Waals surface area contributed by atoms with E-state index >= 15 is 0 Å². The van der Waals surface area contributed by atoms with Crippen LogP contribution in [0, 0.1) is 0 Å². The molecule has 4 N–H and O–H groups in total. The van der Waals surface area contributed by atoms with Crippen molar-refractivity contribution in [2.75, 3.05) is 5.73 Å². The molecule has 2 aromatic carbocycles. The fourth-order valence-corrected chi connectivity index (χ4v) is 4.05. The number of benzene rings is 2. The summed E-state index contributed by atoms with van der Waals surface area (Å²) in [7, 11) is 0. The third-order valence-electron chi connectivity index (χ3n) is 5.76. The van der Waals surface area contributed by atoms with Crippen molar-refractivity contribution in [3.05, 3.63) is 70.3 Å². The van der Waals surface area contributed by atoms with Crippen molar-refractivity contribution in [2.45, 2.75) is 58.7 Å². The predicted molar refractivity (Wildman–Crippen MR) is 129 cm³/mol. The molecule has 0 unspecified atom stereocenters. The van der Waals surface area contributed by atoms with Crippen LogP contribution in [0.5, 0.6) is 0 Å². The normalized spacial score (nSPS) is 11.9. The summed E-state index contributed by atoms with van der Waals surface area (Å²) in [5, 5.41) is 4.43. The summed E-state index contributed by atoms with van der Waals surface area (Å²) in [4.78, 5) is 24.6. The van der Waals surface area contributed by atoms with Crippen LogP contribution in [-0.2, 0) is 23.8 Å². The van der Waals surface area contributed by atoms with E-state index in [1.807, 2.05) is 13.8 Å². The van der Waals surface area contributed by atoms with Crippen molar-refractivity contribution in [3.63, 3.8) is 0 Å². The van der Waals surface area contributed by atoms with Gasteiger partial charge in [0.2, 0.25) is 0 Å². The number of ketones is 1. The molecule has 9 heteroatoms. The molecule has 0 fully saturated rings. The first kappa shape index (κ1) is 26.0. The minimum absolute atomic E-state index is 0.0544. The lowest BCUT2D eigenvalue weighted by molar-refractivity contribution is -0.138. The topological polar surface area (TPSA) is 104 Å². The third-order valence-corrected chi connectivity index (χ3v) is 5.76. The Morgan fingerprint density at radius 1 is 0.971 bits per heavy atom. The van der Waals surface area contributed by atoms with Gasteiger partial charge in [-0.2, -0.15) is 18.3 Å². The van der Waals surface area contributed by atoms with Crippen LogP contribution in [0.4, 0.5) is 19.0 Å². The molecule has 6 nitrogen and oxygen atoms in total. The molecule has 0 atom stereocenters. The Bertz CT molecular complexity index is 1240. The monoisotopic (exact) mass is 486 g/mol. The Kier molecular flexibility index (Phi) is 7.38. The van der Waals surface area contributed by atoms with Gasteiger partial charge in [-0.1, -0.05) is 50.2 Å². The Morgan fingerprint density at radius 2 is 1.54 bits per heavy atom. The molecule has 0 aliphatic carbocycles. The molecular formula is C26H29F3N4O2. The van der Waals surface area contributed by atoms with Crippen LogP contribution < -0.4 is 11.5 Å². The number of Topliss-reactive ketones (excluding diaryl/α,β-unsaturated/α-hetero) is 1. The minimum Gasteiger partial charge on any atom is -0.383 e. The van der Waals surface area contributed by atoms with Gasteiger partial charge in [0, 0.05) is 24.4 Å². The molecule has 0 radical (unpaired) electrons. The second-order valence-corrected chi connectivity index (χ2v) is 9.17.